The molecule has 1 aliphatic heterocycles. The molecule has 0 spiro atoms. The van der Waals surface area contributed by atoms with Crippen LogP contribution < -0.4 is 4.74 Å². The van der Waals surface area contributed by atoms with Gasteiger partial charge in [-0.15, -0.1) is 0 Å². The van der Waals surface area contributed by atoms with Crippen LogP contribution in [0.25, 0.3) is 0 Å². The molecule has 1 aliphatic rings. The maximum Gasteiger partial charge on any atom is 0.306 e. The summed E-state index contributed by atoms with van der Waals surface area (Å²) in [5, 5.41) is 9.08. The van der Waals surface area contributed by atoms with Crippen molar-refractivity contribution in [2.45, 2.75) is 25.8 Å². The van der Waals surface area contributed by atoms with Gasteiger partial charge in [-0.05, 0) is 53.9 Å². The van der Waals surface area contributed by atoms with Gasteiger partial charge in [-0.25, -0.2) is 0 Å². The fourth-order valence-corrected chi connectivity index (χ4v) is 3.06. The summed E-state index contributed by atoms with van der Waals surface area (Å²) in [6.07, 6.45) is 0.982. The van der Waals surface area contributed by atoms with E-state index in [0.29, 0.717) is 35.2 Å². The largest absolute Gasteiger partial charge is 0.497 e. The number of nitrogens with zero attached hydrogens (tertiary/aromatic N) is 1. The highest BCUT2D eigenvalue weighted by atomic mass is 79.9. The molecule has 2 unspecified atom stereocenters. The van der Waals surface area contributed by atoms with Gasteiger partial charge in [0, 0.05) is 17.1 Å². The van der Waals surface area contributed by atoms with Gasteiger partial charge in [0.05, 0.1) is 18.6 Å². The summed E-state index contributed by atoms with van der Waals surface area (Å²) >= 11 is 3.38. The molecule has 1 heterocycles. The summed E-state index contributed by atoms with van der Waals surface area (Å²) in [6.45, 7) is 2.35. The molecule has 0 radical (unpaired) electrons. The maximum absolute atomic E-state index is 12.7. The lowest BCUT2D eigenvalue weighted by molar-refractivity contribution is -0.143. The number of benzene rings is 1. The second-order valence-corrected chi connectivity index (χ2v) is 6.11. The SMILES string of the molecule is COc1ccc(Br)c(C(=O)N2CCC(C(=O)O)CC2C)c1. The van der Waals surface area contributed by atoms with Crippen LogP contribution >= 0.6 is 15.9 Å². The third-order valence-electron chi connectivity index (χ3n) is 3.89. The highest BCUT2D eigenvalue weighted by Crippen LogP contribution is 2.28. The monoisotopic (exact) mass is 355 g/mol. The molecule has 0 bridgehead atoms. The third-order valence-corrected chi connectivity index (χ3v) is 4.58. The third kappa shape index (κ3) is 3.37. The van der Waals surface area contributed by atoms with E-state index in [1.807, 2.05) is 6.92 Å². The van der Waals surface area contributed by atoms with Gasteiger partial charge in [0.2, 0.25) is 0 Å². The molecular formula is C15H18BrNO4. The lowest BCUT2D eigenvalue weighted by atomic mass is 9.91. The molecule has 1 aromatic rings. The number of amides is 1. The Kier molecular flexibility index (Phi) is 4.88. The average Bonchev–Trinajstić information content (AvgIpc) is 2.47. The zero-order valence-corrected chi connectivity index (χ0v) is 13.6. The molecule has 6 heteroatoms. The quantitative estimate of drug-likeness (QED) is 0.905. The summed E-state index contributed by atoms with van der Waals surface area (Å²) in [4.78, 5) is 25.5. The summed E-state index contributed by atoms with van der Waals surface area (Å²) in [5.41, 5.74) is 0.537. The summed E-state index contributed by atoms with van der Waals surface area (Å²) in [5.74, 6) is -0.624. The number of rotatable bonds is 3. The van der Waals surface area contributed by atoms with Gasteiger partial charge in [-0.1, -0.05) is 0 Å². The number of piperidine rings is 1. The van der Waals surface area contributed by atoms with Crippen molar-refractivity contribution in [1.29, 1.82) is 0 Å². The van der Waals surface area contributed by atoms with E-state index in [1.165, 1.54) is 0 Å². The van der Waals surface area contributed by atoms with Crippen molar-refractivity contribution in [3.63, 3.8) is 0 Å². The highest BCUT2D eigenvalue weighted by Gasteiger charge is 2.33. The van der Waals surface area contributed by atoms with Crippen LogP contribution in [0.15, 0.2) is 22.7 Å². The number of carboxylic acid groups (broad SMARTS) is 1. The Morgan fingerprint density at radius 2 is 2.14 bits per heavy atom. The lowest BCUT2D eigenvalue weighted by Gasteiger charge is -2.36. The Morgan fingerprint density at radius 1 is 1.43 bits per heavy atom. The van der Waals surface area contributed by atoms with Gasteiger partial charge in [0.25, 0.3) is 5.91 Å². The van der Waals surface area contributed by atoms with E-state index in [9.17, 15) is 9.59 Å². The summed E-state index contributed by atoms with van der Waals surface area (Å²) < 4.78 is 5.86. The molecule has 1 fully saturated rings. The van der Waals surface area contributed by atoms with Crippen molar-refractivity contribution in [2.24, 2.45) is 5.92 Å². The van der Waals surface area contributed by atoms with Crippen LogP contribution in [-0.2, 0) is 4.79 Å². The lowest BCUT2D eigenvalue weighted by Crippen LogP contribution is -2.46. The average molecular weight is 356 g/mol. The summed E-state index contributed by atoms with van der Waals surface area (Å²) in [6, 6.07) is 5.16. The van der Waals surface area contributed by atoms with Crippen molar-refractivity contribution in [2.75, 3.05) is 13.7 Å². The fourth-order valence-electron chi connectivity index (χ4n) is 2.65. The number of halogens is 1. The molecule has 5 nitrogen and oxygen atoms in total. The van der Waals surface area contributed by atoms with E-state index < -0.39 is 5.97 Å². The predicted molar refractivity (Wildman–Crippen MR) is 81.6 cm³/mol. The Morgan fingerprint density at radius 3 is 2.71 bits per heavy atom. The van der Waals surface area contributed by atoms with Crippen LogP contribution in [0.2, 0.25) is 0 Å². The number of carbonyl (C=O) groups excluding carboxylic acids is 1. The van der Waals surface area contributed by atoms with Crippen LogP contribution in [0.5, 0.6) is 5.75 Å². The molecule has 0 aliphatic carbocycles. The minimum absolute atomic E-state index is 0.0922. The molecule has 0 aromatic heterocycles. The molecule has 114 valence electrons. The predicted octanol–water partition coefficient (Wildman–Crippen LogP) is 2.78. The highest BCUT2D eigenvalue weighted by molar-refractivity contribution is 9.10. The molecule has 1 saturated heterocycles. The minimum atomic E-state index is -0.781. The van der Waals surface area contributed by atoms with Gasteiger partial charge in [-0.2, -0.15) is 0 Å². The molecule has 0 saturated carbocycles. The van der Waals surface area contributed by atoms with Gasteiger partial charge in [0.15, 0.2) is 0 Å². The second kappa shape index (κ2) is 6.47. The Bertz CT molecular complexity index is 561. The first-order valence-corrected chi connectivity index (χ1v) is 7.60. The van der Waals surface area contributed by atoms with E-state index in [2.05, 4.69) is 15.9 Å². The van der Waals surface area contributed by atoms with Crippen LogP contribution in [0.1, 0.15) is 30.1 Å². The molecular weight excluding hydrogens is 338 g/mol. The normalized spacial score (nSPS) is 22.0. The fraction of sp³-hybridized carbons (Fsp3) is 0.467. The molecule has 1 N–H and O–H groups in total. The number of methoxy groups -OCH3 is 1. The van der Waals surface area contributed by atoms with Crippen LogP contribution in [0.3, 0.4) is 0 Å². The van der Waals surface area contributed by atoms with Crippen molar-refractivity contribution in [3.05, 3.63) is 28.2 Å². The first kappa shape index (κ1) is 15.8. The van der Waals surface area contributed by atoms with Crippen molar-refractivity contribution >= 4 is 27.8 Å². The number of likely N-dealkylation sites (tertiary alicyclic amines) is 1. The van der Waals surface area contributed by atoms with Crippen LogP contribution in [-0.4, -0.2) is 41.6 Å². The number of aliphatic carboxylic acids is 1. The molecule has 1 aromatic carbocycles. The van der Waals surface area contributed by atoms with E-state index in [4.69, 9.17) is 9.84 Å². The van der Waals surface area contributed by atoms with Gasteiger partial charge < -0.3 is 14.7 Å². The van der Waals surface area contributed by atoms with Crippen molar-refractivity contribution < 1.29 is 19.4 Å². The first-order valence-electron chi connectivity index (χ1n) is 6.81. The number of hydrogen-bond donors (Lipinski definition) is 1. The maximum atomic E-state index is 12.7. The second-order valence-electron chi connectivity index (χ2n) is 5.25. The number of hydrogen-bond acceptors (Lipinski definition) is 3. The van der Waals surface area contributed by atoms with Crippen molar-refractivity contribution in [3.8, 4) is 5.75 Å². The van der Waals surface area contributed by atoms with E-state index in [-0.39, 0.29) is 17.9 Å². The van der Waals surface area contributed by atoms with Crippen LogP contribution in [0.4, 0.5) is 0 Å². The number of carboxylic acids is 1. The number of carbonyl (C=O) groups is 2. The number of ether oxygens (including phenoxy) is 1. The Hall–Kier alpha value is -1.56. The zero-order chi connectivity index (χ0) is 15.6. The Labute approximate surface area is 132 Å². The van der Waals surface area contributed by atoms with E-state index in [1.54, 1.807) is 30.2 Å². The first-order chi connectivity index (χ1) is 9.93. The minimum Gasteiger partial charge on any atom is -0.497 e. The standard InChI is InChI=1S/C15H18BrNO4/c1-9-7-10(15(19)20)5-6-17(9)14(18)12-8-11(21-2)3-4-13(12)16/h3-4,8-10H,5-7H2,1-2H3,(H,19,20). The van der Waals surface area contributed by atoms with E-state index in [0.717, 1.165) is 0 Å². The topological polar surface area (TPSA) is 66.8 Å². The zero-order valence-electron chi connectivity index (χ0n) is 12.0. The van der Waals surface area contributed by atoms with Crippen LogP contribution in [0, 0.1) is 5.92 Å². The van der Waals surface area contributed by atoms with Gasteiger partial charge in [0.1, 0.15) is 5.75 Å². The van der Waals surface area contributed by atoms with Crippen molar-refractivity contribution in [1.82, 2.24) is 4.90 Å². The molecule has 1 amide bonds. The van der Waals surface area contributed by atoms with E-state index >= 15 is 0 Å². The Balaban J connectivity index is 2.19. The summed E-state index contributed by atoms with van der Waals surface area (Å²) in [7, 11) is 1.55. The van der Waals surface area contributed by atoms with Gasteiger partial charge >= 0.3 is 5.97 Å². The molecule has 21 heavy (non-hydrogen) atoms. The molecule has 2 atom stereocenters. The smallest absolute Gasteiger partial charge is 0.306 e. The van der Waals surface area contributed by atoms with Gasteiger partial charge in [-0.3, -0.25) is 9.59 Å². The molecule has 2 rings (SSSR count).